The van der Waals surface area contributed by atoms with Crippen LogP contribution in [0.25, 0.3) is 10.9 Å². The van der Waals surface area contributed by atoms with Crippen molar-refractivity contribution in [2.75, 3.05) is 37.7 Å². The maximum Gasteiger partial charge on any atom is 0.301 e. The van der Waals surface area contributed by atoms with Crippen LogP contribution in [0.3, 0.4) is 0 Å². The molecule has 4 rings (SSSR count). The number of rotatable bonds is 6. The van der Waals surface area contributed by atoms with Crippen molar-refractivity contribution in [2.45, 2.75) is 13.5 Å². The Bertz CT molecular complexity index is 999. The smallest absolute Gasteiger partial charge is 0.301 e. The van der Waals surface area contributed by atoms with Gasteiger partial charge in [-0.25, -0.2) is 0 Å². The average Bonchev–Trinajstić information content (AvgIpc) is 2.75. The molecule has 150 valence electrons. The third-order valence-corrected chi connectivity index (χ3v) is 5.27. The molecule has 1 saturated heterocycles. The first-order chi connectivity index (χ1) is 14.2. The van der Waals surface area contributed by atoms with E-state index in [9.17, 15) is 10.1 Å². The molecule has 29 heavy (non-hydrogen) atoms. The first-order valence-corrected chi connectivity index (χ1v) is 9.87. The number of hydrogen-bond acceptors (Lipinski definition) is 6. The van der Waals surface area contributed by atoms with Crippen LogP contribution >= 0.6 is 0 Å². The summed E-state index contributed by atoms with van der Waals surface area (Å²) in [6.45, 7) is 6.73. The number of hydrogen-bond donors (Lipinski definition) is 0. The predicted molar refractivity (Wildman–Crippen MR) is 113 cm³/mol. The molecule has 1 aliphatic heterocycles. The van der Waals surface area contributed by atoms with Crippen LogP contribution in [-0.4, -0.2) is 47.6 Å². The second-order valence-corrected chi connectivity index (χ2v) is 7.10. The Balaban J connectivity index is 1.46. The molecular formula is C22H24N4O3. The van der Waals surface area contributed by atoms with E-state index < -0.39 is 0 Å². The summed E-state index contributed by atoms with van der Waals surface area (Å²) in [4.78, 5) is 20.2. The summed E-state index contributed by atoms with van der Waals surface area (Å²) >= 11 is 0. The molecule has 0 atom stereocenters. The average molecular weight is 392 g/mol. The number of nitro benzene ring substituents is 1. The van der Waals surface area contributed by atoms with Gasteiger partial charge in [-0.2, -0.15) is 0 Å². The fraction of sp³-hybridized carbons (Fsp3) is 0.318. The minimum Gasteiger partial charge on any atom is -0.494 e. The molecule has 0 unspecified atom stereocenters. The molecule has 0 spiro atoms. The highest BCUT2D eigenvalue weighted by molar-refractivity contribution is 5.94. The summed E-state index contributed by atoms with van der Waals surface area (Å²) in [6, 6.07) is 15.4. The summed E-state index contributed by atoms with van der Waals surface area (Å²) < 4.78 is 5.50. The van der Waals surface area contributed by atoms with Crippen molar-refractivity contribution in [1.82, 2.24) is 9.88 Å². The predicted octanol–water partition coefficient (Wildman–Crippen LogP) is 3.86. The Kier molecular flexibility index (Phi) is 5.57. The summed E-state index contributed by atoms with van der Waals surface area (Å²) in [5, 5.41) is 12.4. The van der Waals surface area contributed by atoms with E-state index in [1.54, 1.807) is 18.3 Å². The van der Waals surface area contributed by atoms with Crippen molar-refractivity contribution >= 4 is 22.3 Å². The van der Waals surface area contributed by atoms with Crippen molar-refractivity contribution in [1.29, 1.82) is 0 Å². The quantitative estimate of drug-likeness (QED) is 0.469. The van der Waals surface area contributed by atoms with E-state index in [0.717, 1.165) is 38.5 Å². The van der Waals surface area contributed by atoms with Gasteiger partial charge in [-0.1, -0.05) is 12.1 Å². The lowest BCUT2D eigenvalue weighted by molar-refractivity contribution is -0.382. The van der Waals surface area contributed by atoms with Crippen LogP contribution in [0.1, 0.15) is 12.5 Å². The van der Waals surface area contributed by atoms with Gasteiger partial charge in [-0.05, 0) is 48.9 Å². The number of nitrogens with zero attached hydrogens (tertiary/aromatic N) is 4. The van der Waals surface area contributed by atoms with Crippen molar-refractivity contribution in [3.63, 3.8) is 0 Å². The monoisotopic (exact) mass is 392 g/mol. The molecule has 0 aliphatic carbocycles. The topological polar surface area (TPSA) is 71.7 Å². The fourth-order valence-corrected chi connectivity index (χ4v) is 3.84. The van der Waals surface area contributed by atoms with Crippen molar-refractivity contribution in [2.24, 2.45) is 0 Å². The number of pyridine rings is 1. The highest BCUT2D eigenvalue weighted by atomic mass is 16.6. The maximum atomic E-state index is 11.8. The molecule has 2 aromatic carbocycles. The normalized spacial score (nSPS) is 14.9. The number of ether oxygens (including phenoxy) is 1. The largest absolute Gasteiger partial charge is 0.494 e. The molecule has 0 amide bonds. The van der Waals surface area contributed by atoms with Gasteiger partial charge in [0.2, 0.25) is 0 Å². The maximum absolute atomic E-state index is 11.8. The number of aromatic nitrogens is 1. The molecule has 3 aromatic rings. The number of piperazine rings is 1. The van der Waals surface area contributed by atoms with E-state index >= 15 is 0 Å². The lowest BCUT2D eigenvalue weighted by Gasteiger charge is -2.36. The van der Waals surface area contributed by atoms with Gasteiger partial charge in [0.25, 0.3) is 0 Å². The van der Waals surface area contributed by atoms with Gasteiger partial charge in [0.05, 0.1) is 22.4 Å². The van der Waals surface area contributed by atoms with Gasteiger partial charge < -0.3 is 9.64 Å². The molecule has 1 aliphatic rings. The Hall–Kier alpha value is -3.19. The molecule has 0 radical (unpaired) electrons. The SMILES string of the molecule is CCOc1ccc(CN2CCN(c3ccc4ncccc4c3[N+](=O)[O-])CC2)cc1. The summed E-state index contributed by atoms with van der Waals surface area (Å²) in [5.41, 5.74) is 2.72. The molecule has 0 saturated carbocycles. The Morgan fingerprint density at radius 2 is 1.83 bits per heavy atom. The minimum atomic E-state index is -0.286. The lowest BCUT2D eigenvalue weighted by Crippen LogP contribution is -2.46. The zero-order valence-electron chi connectivity index (χ0n) is 16.5. The van der Waals surface area contributed by atoms with Crippen LogP contribution in [0, 0.1) is 10.1 Å². The summed E-state index contributed by atoms with van der Waals surface area (Å²) in [7, 11) is 0. The minimum absolute atomic E-state index is 0.149. The van der Waals surface area contributed by atoms with Crippen molar-refractivity contribution in [3.05, 3.63) is 70.4 Å². The van der Waals surface area contributed by atoms with E-state index in [1.165, 1.54) is 5.56 Å². The van der Waals surface area contributed by atoms with E-state index in [1.807, 2.05) is 31.2 Å². The number of fused-ring (bicyclic) bond motifs is 1. The first-order valence-electron chi connectivity index (χ1n) is 9.87. The van der Waals surface area contributed by atoms with E-state index in [0.29, 0.717) is 23.2 Å². The molecule has 7 nitrogen and oxygen atoms in total. The van der Waals surface area contributed by atoms with Gasteiger partial charge in [0, 0.05) is 38.9 Å². The van der Waals surface area contributed by atoms with Crippen LogP contribution < -0.4 is 9.64 Å². The zero-order chi connectivity index (χ0) is 20.2. The highest BCUT2D eigenvalue weighted by Crippen LogP contribution is 2.35. The second kappa shape index (κ2) is 8.45. The van der Waals surface area contributed by atoms with Gasteiger partial charge in [0.1, 0.15) is 11.4 Å². The molecule has 7 heteroatoms. The first kappa shape index (κ1) is 19.1. The second-order valence-electron chi connectivity index (χ2n) is 7.10. The van der Waals surface area contributed by atoms with E-state index in [4.69, 9.17) is 4.74 Å². The van der Waals surface area contributed by atoms with E-state index in [2.05, 4.69) is 26.9 Å². The standard InChI is InChI=1S/C22H24N4O3/c1-2-29-18-7-5-17(6-8-18)16-24-12-14-25(15-13-24)21-10-9-20-19(4-3-11-23-20)22(21)26(27)28/h3-11H,2,12-16H2,1H3. The van der Waals surface area contributed by atoms with Crippen LogP contribution in [-0.2, 0) is 6.54 Å². The molecule has 0 bridgehead atoms. The Morgan fingerprint density at radius 3 is 2.52 bits per heavy atom. The van der Waals surface area contributed by atoms with Gasteiger partial charge in [0.15, 0.2) is 0 Å². The van der Waals surface area contributed by atoms with Crippen LogP contribution in [0.2, 0.25) is 0 Å². The molecule has 0 N–H and O–H groups in total. The molecule has 2 heterocycles. The Morgan fingerprint density at radius 1 is 1.07 bits per heavy atom. The van der Waals surface area contributed by atoms with Crippen LogP contribution in [0.4, 0.5) is 11.4 Å². The molecule has 1 aromatic heterocycles. The van der Waals surface area contributed by atoms with Gasteiger partial charge in [-0.3, -0.25) is 20.0 Å². The summed E-state index contributed by atoms with van der Waals surface area (Å²) in [6.07, 6.45) is 1.66. The Labute approximate surface area is 169 Å². The molecular weight excluding hydrogens is 368 g/mol. The van der Waals surface area contributed by atoms with Gasteiger partial charge >= 0.3 is 5.69 Å². The van der Waals surface area contributed by atoms with Gasteiger partial charge in [-0.15, -0.1) is 0 Å². The molecule has 1 fully saturated rings. The number of nitro groups is 1. The van der Waals surface area contributed by atoms with Crippen molar-refractivity contribution < 1.29 is 9.66 Å². The third-order valence-electron chi connectivity index (χ3n) is 5.27. The number of anilines is 1. The summed E-state index contributed by atoms with van der Waals surface area (Å²) in [5.74, 6) is 0.888. The van der Waals surface area contributed by atoms with Crippen LogP contribution in [0.15, 0.2) is 54.7 Å². The lowest BCUT2D eigenvalue weighted by atomic mass is 10.1. The van der Waals surface area contributed by atoms with E-state index in [-0.39, 0.29) is 10.6 Å². The highest BCUT2D eigenvalue weighted by Gasteiger charge is 2.26. The zero-order valence-corrected chi connectivity index (χ0v) is 16.5. The third kappa shape index (κ3) is 4.14. The van der Waals surface area contributed by atoms with Crippen molar-refractivity contribution in [3.8, 4) is 5.75 Å². The fourth-order valence-electron chi connectivity index (χ4n) is 3.84. The number of benzene rings is 2. The van der Waals surface area contributed by atoms with Crippen LogP contribution in [0.5, 0.6) is 5.75 Å².